The highest BCUT2D eigenvalue weighted by Gasteiger charge is 2.52. The summed E-state index contributed by atoms with van der Waals surface area (Å²) in [5.41, 5.74) is -0.529. The lowest BCUT2D eigenvalue weighted by molar-refractivity contribution is -0.132. The van der Waals surface area contributed by atoms with Crippen LogP contribution in [0.15, 0.2) is 34.9 Å². The number of benzene rings is 1. The molecule has 0 unspecified atom stereocenters. The van der Waals surface area contributed by atoms with Crippen molar-refractivity contribution < 1.29 is 14.1 Å². The number of carbonyl (C=O) groups excluding carboxylic acids is 2. The molecule has 0 saturated carbocycles. The molecule has 0 radical (unpaired) electrons. The van der Waals surface area contributed by atoms with Gasteiger partial charge in [0.1, 0.15) is 12.1 Å². The molecule has 7 nitrogen and oxygen atoms in total. The second-order valence-corrected chi connectivity index (χ2v) is 7.60. The van der Waals surface area contributed by atoms with E-state index < -0.39 is 11.6 Å². The number of rotatable bonds is 5. The molecule has 0 aliphatic carbocycles. The van der Waals surface area contributed by atoms with Gasteiger partial charge in [0.15, 0.2) is 5.82 Å². The number of urea groups is 1. The van der Waals surface area contributed by atoms with Crippen molar-refractivity contribution in [3.8, 4) is 0 Å². The third-order valence-corrected chi connectivity index (χ3v) is 4.50. The van der Waals surface area contributed by atoms with Gasteiger partial charge in [0, 0.05) is 5.41 Å². The van der Waals surface area contributed by atoms with Gasteiger partial charge < -0.3 is 9.84 Å². The number of aromatic nitrogens is 2. The summed E-state index contributed by atoms with van der Waals surface area (Å²) in [6.45, 7) is 7.86. The number of amides is 3. The summed E-state index contributed by atoms with van der Waals surface area (Å²) in [4.78, 5) is 31.2. The van der Waals surface area contributed by atoms with Gasteiger partial charge in [-0.25, -0.2) is 4.79 Å². The minimum absolute atomic E-state index is 0.0357. The summed E-state index contributed by atoms with van der Waals surface area (Å²) in [7, 11) is 0. The van der Waals surface area contributed by atoms with Gasteiger partial charge in [0.05, 0.1) is 0 Å². The van der Waals surface area contributed by atoms with Crippen LogP contribution in [0.4, 0.5) is 4.79 Å². The number of imide groups is 1. The van der Waals surface area contributed by atoms with Crippen molar-refractivity contribution in [2.75, 3.05) is 0 Å². The Morgan fingerprint density at radius 2 is 1.88 bits per heavy atom. The molecule has 2 heterocycles. The van der Waals surface area contributed by atoms with Crippen LogP contribution >= 0.6 is 0 Å². The predicted octanol–water partition coefficient (Wildman–Crippen LogP) is 3.11. The van der Waals surface area contributed by atoms with Crippen LogP contribution in [0.3, 0.4) is 0 Å². The molecule has 26 heavy (non-hydrogen) atoms. The van der Waals surface area contributed by atoms with E-state index in [0.29, 0.717) is 12.2 Å². The van der Waals surface area contributed by atoms with Crippen molar-refractivity contribution in [3.05, 3.63) is 47.6 Å². The maximum absolute atomic E-state index is 13.2. The maximum atomic E-state index is 13.2. The maximum Gasteiger partial charge on any atom is 0.325 e. The summed E-state index contributed by atoms with van der Waals surface area (Å²) in [6, 6.07) is 8.89. The van der Waals surface area contributed by atoms with E-state index in [1.165, 1.54) is 0 Å². The van der Waals surface area contributed by atoms with E-state index in [1.807, 2.05) is 58.0 Å². The molecule has 1 aromatic heterocycles. The fraction of sp³-hybridized carbons (Fsp3) is 0.474. The first-order chi connectivity index (χ1) is 12.3. The van der Waals surface area contributed by atoms with Gasteiger partial charge in [0.2, 0.25) is 5.89 Å². The summed E-state index contributed by atoms with van der Waals surface area (Å²) >= 11 is 0. The molecule has 0 spiro atoms. The van der Waals surface area contributed by atoms with Crippen molar-refractivity contribution in [3.63, 3.8) is 0 Å². The summed E-state index contributed by atoms with van der Waals surface area (Å²) in [5.74, 6) is 0.507. The van der Waals surface area contributed by atoms with Gasteiger partial charge in [-0.15, -0.1) is 0 Å². The van der Waals surface area contributed by atoms with Crippen molar-refractivity contribution in [1.82, 2.24) is 20.4 Å². The largest absolute Gasteiger partial charge is 0.337 e. The number of nitrogens with zero attached hydrogens (tertiary/aromatic N) is 3. The lowest BCUT2D eigenvalue weighted by Crippen LogP contribution is -2.43. The highest BCUT2D eigenvalue weighted by Crippen LogP contribution is 2.34. The molecule has 3 rings (SSSR count). The first kappa shape index (κ1) is 18.1. The standard InChI is InChI=1S/C19H24N4O3/c1-5-11-19(13-9-7-6-8-10-13)16(24)23(17(25)21-19)12-14-20-15(22-26-14)18(2,3)4/h6-10H,5,11-12H2,1-4H3,(H,21,25)/t19-/m0/s1. The zero-order valence-corrected chi connectivity index (χ0v) is 15.6. The van der Waals surface area contributed by atoms with E-state index in [2.05, 4.69) is 15.5 Å². The predicted molar refractivity (Wildman–Crippen MR) is 95.1 cm³/mol. The van der Waals surface area contributed by atoms with Gasteiger partial charge in [-0.2, -0.15) is 4.98 Å². The molecular weight excluding hydrogens is 332 g/mol. The van der Waals surface area contributed by atoms with Crippen LogP contribution in [-0.2, 0) is 22.3 Å². The first-order valence-corrected chi connectivity index (χ1v) is 8.80. The van der Waals surface area contributed by atoms with Gasteiger partial charge in [-0.3, -0.25) is 9.69 Å². The van der Waals surface area contributed by atoms with Crippen LogP contribution in [0.1, 0.15) is 57.8 Å². The molecular formula is C19H24N4O3. The van der Waals surface area contributed by atoms with Gasteiger partial charge in [-0.05, 0) is 12.0 Å². The van der Waals surface area contributed by atoms with Crippen LogP contribution in [0, 0.1) is 0 Å². The van der Waals surface area contributed by atoms with Crippen LogP contribution < -0.4 is 5.32 Å². The average Bonchev–Trinajstić information content (AvgIpc) is 3.16. The summed E-state index contributed by atoms with van der Waals surface area (Å²) in [6.07, 6.45) is 1.28. The monoisotopic (exact) mass is 356 g/mol. The molecule has 1 fully saturated rings. The van der Waals surface area contributed by atoms with Gasteiger partial charge in [0.25, 0.3) is 5.91 Å². The zero-order valence-electron chi connectivity index (χ0n) is 15.6. The first-order valence-electron chi connectivity index (χ1n) is 8.80. The molecule has 138 valence electrons. The van der Waals surface area contributed by atoms with Crippen LogP contribution in [-0.4, -0.2) is 27.0 Å². The van der Waals surface area contributed by atoms with Crippen LogP contribution in [0.2, 0.25) is 0 Å². The third kappa shape index (κ3) is 3.09. The van der Waals surface area contributed by atoms with E-state index in [9.17, 15) is 9.59 Å². The molecule has 1 N–H and O–H groups in total. The molecule has 1 saturated heterocycles. The Hall–Kier alpha value is -2.70. The Balaban J connectivity index is 1.89. The van der Waals surface area contributed by atoms with E-state index in [-0.39, 0.29) is 23.8 Å². The third-order valence-electron chi connectivity index (χ3n) is 4.50. The van der Waals surface area contributed by atoms with Crippen LogP contribution in [0.25, 0.3) is 0 Å². The topological polar surface area (TPSA) is 88.3 Å². The Bertz CT molecular complexity index is 810. The fourth-order valence-electron chi connectivity index (χ4n) is 3.14. The van der Waals surface area contributed by atoms with Crippen molar-refractivity contribution in [2.24, 2.45) is 0 Å². The number of nitrogens with one attached hydrogen (secondary N) is 1. The lowest BCUT2D eigenvalue weighted by atomic mass is 9.85. The highest BCUT2D eigenvalue weighted by molar-refractivity contribution is 6.07. The van der Waals surface area contributed by atoms with Crippen molar-refractivity contribution in [1.29, 1.82) is 0 Å². The Morgan fingerprint density at radius 3 is 2.46 bits per heavy atom. The Kier molecular flexibility index (Phi) is 4.56. The molecule has 7 heteroatoms. The molecule has 1 aromatic carbocycles. The smallest absolute Gasteiger partial charge is 0.325 e. The number of carbonyl (C=O) groups is 2. The lowest BCUT2D eigenvalue weighted by Gasteiger charge is -2.26. The molecule has 0 bridgehead atoms. The molecule has 3 amide bonds. The molecule has 1 aliphatic heterocycles. The van der Waals surface area contributed by atoms with Crippen molar-refractivity contribution in [2.45, 2.75) is 58.0 Å². The Morgan fingerprint density at radius 1 is 1.19 bits per heavy atom. The van der Waals surface area contributed by atoms with E-state index >= 15 is 0 Å². The normalized spacial score (nSPS) is 20.5. The summed E-state index contributed by atoms with van der Waals surface area (Å²) < 4.78 is 5.25. The van der Waals surface area contributed by atoms with Gasteiger partial charge >= 0.3 is 6.03 Å². The Labute approximate surface area is 152 Å². The zero-order chi connectivity index (χ0) is 18.9. The van der Waals surface area contributed by atoms with E-state index in [1.54, 1.807) is 0 Å². The van der Waals surface area contributed by atoms with Crippen LogP contribution in [0.5, 0.6) is 0 Å². The average molecular weight is 356 g/mol. The highest BCUT2D eigenvalue weighted by atomic mass is 16.5. The quantitative estimate of drug-likeness (QED) is 0.832. The van der Waals surface area contributed by atoms with Crippen molar-refractivity contribution >= 4 is 11.9 Å². The second-order valence-electron chi connectivity index (χ2n) is 7.60. The minimum atomic E-state index is -1.04. The molecule has 1 atom stereocenters. The van der Waals surface area contributed by atoms with E-state index in [4.69, 9.17) is 4.52 Å². The number of hydrogen-bond donors (Lipinski definition) is 1. The van der Waals surface area contributed by atoms with E-state index in [0.717, 1.165) is 16.9 Å². The molecule has 2 aromatic rings. The minimum Gasteiger partial charge on any atom is -0.337 e. The SMILES string of the molecule is CCC[C@@]1(c2ccccc2)NC(=O)N(Cc2nc(C(C)(C)C)no2)C1=O. The fourth-order valence-corrected chi connectivity index (χ4v) is 3.14. The molecule has 1 aliphatic rings. The summed E-state index contributed by atoms with van der Waals surface area (Å²) in [5, 5.41) is 6.84. The number of hydrogen-bond acceptors (Lipinski definition) is 5. The second kappa shape index (κ2) is 6.55. The van der Waals surface area contributed by atoms with Gasteiger partial charge in [-0.1, -0.05) is 69.6 Å².